The highest BCUT2D eigenvalue weighted by Gasteiger charge is 2.13. The van der Waals surface area contributed by atoms with E-state index < -0.39 is 0 Å². The number of ether oxygens (including phenoxy) is 1. The van der Waals surface area contributed by atoms with Gasteiger partial charge in [0.05, 0.1) is 0 Å². The third-order valence-corrected chi connectivity index (χ3v) is 5.32. The van der Waals surface area contributed by atoms with Crippen molar-refractivity contribution in [1.82, 2.24) is 4.90 Å². The number of benzene rings is 2. The van der Waals surface area contributed by atoms with E-state index in [2.05, 4.69) is 22.3 Å². The number of likely N-dealkylation sites (tertiary alicyclic amines) is 1. The molecule has 0 radical (unpaired) electrons. The van der Waals surface area contributed by atoms with Gasteiger partial charge >= 0.3 is 0 Å². The van der Waals surface area contributed by atoms with E-state index in [0.29, 0.717) is 5.76 Å². The molecule has 5 heteroatoms. The van der Waals surface area contributed by atoms with Crippen molar-refractivity contribution in [3.8, 4) is 5.75 Å². The number of piperidine rings is 1. The first-order valence-corrected chi connectivity index (χ1v) is 10.6. The van der Waals surface area contributed by atoms with Crippen LogP contribution >= 0.6 is 0 Å². The molecular weight excluding hydrogens is 376 g/mol. The summed E-state index contributed by atoms with van der Waals surface area (Å²) in [6.45, 7) is 5.61. The predicted octanol–water partition coefficient (Wildman–Crippen LogP) is 5.41. The molecule has 1 amide bonds. The molecule has 30 heavy (non-hydrogen) atoms. The van der Waals surface area contributed by atoms with E-state index >= 15 is 0 Å². The number of carbonyl (C=O) groups is 1. The minimum atomic E-state index is -0.263. The highest BCUT2D eigenvalue weighted by atomic mass is 16.5. The van der Waals surface area contributed by atoms with E-state index in [9.17, 15) is 4.79 Å². The SMILES string of the molecule is Cc1cccc(OCc2ccc(C(=O)Nc3ccc(CN4CCCCC4)cc3)o2)c1. The van der Waals surface area contributed by atoms with E-state index in [1.807, 2.05) is 43.3 Å². The maximum atomic E-state index is 12.5. The Hall–Kier alpha value is -3.05. The van der Waals surface area contributed by atoms with Crippen molar-refractivity contribution in [2.45, 2.75) is 39.3 Å². The first kappa shape index (κ1) is 20.2. The molecule has 0 spiro atoms. The van der Waals surface area contributed by atoms with E-state index in [0.717, 1.165) is 23.5 Å². The maximum absolute atomic E-state index is 12.5. The van der Waals surface area contributed by atoms with Crippen molar-refractivity contribution in [3.05, 3.63) is 83.3 Å². The Balaban J connectivity index is 1.29. The Kier molecular flexibility index (Phi) is 6.50. The fraction of sp³-hybridized carbons (Fsp3) is 0.320. The molecule has 0 unspecified atom stereocenters. The number of rotatable bonds is 7. The number of aryl methyl sites for hydroxylation is 1. The van der Waals surface area contributed by atoms with E-state index in [-0.39, 0.29) is 18.3 Å². The molecule has 4 rings (SSSR count). The average Bonchev–Trinajstić information content (AvgIpc) is 3.24. The van der Waals surface area contributed by atoms with Crippen LogP contribution in [0.3, 0.4) is 0 Å². The number of nitrogens with zero attached hydrogens (tertiary/aromatic N) is 1. The second kappa shape index (κ2) is 9.63. The Labute approximate surface area is 177 Å². The van der Waals surface area contributed by atoms with Gasteiger partial charge in [-0.2, -0.15) is 0 Å². The molecular formula is C25H28N2O3. The lowest BCUT2D eigenvalue weighted by Crippen LogP contribution is -2.29. The predicted molar refractivity (Wildman–Crippen MR) is 118 cm³/mol. The summed E-state index contributed by atoms with van der Waals surface area (Å²) in [5, 5.41) is 2.90. The summed E-state index contributed by atoms with van der Waals surface area (Å²) in [4.78, 5) is 15.0. The second-order valence-electron chi connectivity index (χ2n) is 7.86. The number of anilines is 1. The number of nitrogens with one attached hydrogen (secondary N) is 1. The van der Waals surface area contributed by atoms with Gasteiger partial charge in [0.2, 0.25) is 0 Å². The molecule has 1 aliphatic rings. The zero-order chi connectivity index (χ0) is 20.8. The minimum absolute atomic E-state index is 0.263. The molecule has 1 N–H and O–H groups in total. The smallest absolute Gasteiger partial charge is 0.291 e. The van der Waals surface area contributed by atoms with Crippen LogP contribution in [-0.4, -0.2) is 23.9 Å². The first-order valence-electron chi connectivity index (χ1n) is 10.6. The van der Waals surface area contributed by atoms with Gasteiger partial charge in [-0.1, -0.05) is 30.7 Å². The van der Waals surface area contributed by atoms with Gasteiger partial charge in [0.25, 0.3) is 5.91 Å². The molecule has 2 heterocycles. The maximum Gasteiger partial charge on any atom is 0.291 e. The van der Waals surface area contributed by atoms with Gasteiger partial charge in [0.1, 0.15) is 18.1 Å². The first-order chi connectivity index (χ1) is 14.7. The highest BCUT2D eigenvalue weighted by molar-refractivity contribution is 6.02. The van der Waals surface area contributed by atoms with Crippen LogP contribution in [0.5, 0.6) is 5.75 Å². The van der Waals surface area contributed by atoms with Crippen molar-refractivity contribution in [2.75, 3.05) is 18.4 Å². The molecule has 5 nitrogen and oxygen atoms in total. The summed E-state index contributed by atoms with van der Waals surface area (Å²) in [5.74, 6) is 1.40. The summed E-state index contributed by atoms with van der Waals surface area (Å²) in [7, 11) is 0. The zero-order valence-electron chi connectivity index (χ0n) is 17.4. The van der Waals surface area contributed by atoms with Crippen molar-refractivity contribution >= 4 is 11.6 Å². The van der Waals surface area contributed by atoms with E-state index in [4.69, 9.17) is 9.15 Å². The largest absolute Gasteiger partial charge is 0.486 e. The second-order valence-corrected chi connectivity index (χ2v) is 7.86. The topological polar surface area (TPSA) is 54.7 Å². The van der Waals surface area contributed by atoms with Crippen LogP contribution in [0.15, 0.2) is 65.1 Å². The van der Waals surface area contributed by atoms with Crippen molar-refractivity contribution < 1.29 is 13.9 Å². The van der Waals surface area contributed by atoms with Crippen LogP contribution in [-0.2, 0) is 13.2 Å². The summed E-state index contributed by atoms with van der Waals surface area (Å²) < 4.78 is 11.4. The number of hydrogen-bond acceptors (Lipinski definition) is 4. The highest BCUT2D eigenvalue weighted by Crippen LogP contribution is 2.18. The molecule has 0 saturated carbocycles. The number of furan rings is 1. The zero-order valence-corrected chi connectivity index (χ0v) is 17.4. The molecule has 0 bridgehead atoms. The third kappa shape index (κ3) is 5.51. The molecule has 1 aromatic heterocycles. The Morgan fingerprint density at radius 1 is 1.03 bits per heavy atom. The Bertz CT molecular complexity index is 972. The lowest BCUT2D eigenvalue weighted by Gasteiger charge is -2.26. The van der Waals surface area contributed by atoms with Gasteiger partial charge in [-0.25, -0.2) is 0 Å². The van der Waals surface area contributed by atoms with Crippen LogP contribution in [0.2, 0.25) is 0 Å². The van der Waals surface area contributed by atoms with E-state index in [1.54, 1.807) is 12.1 Å². The molecule has 3 aromatic rings. The summed E-state index contributed by atoms with van der Waals surface area (Å²) in [5.41, 5.74) is 3.16. The monoisotopic (exact) mass is 404 g/mol. The Morgan fingerprint density at radius 2 is 1.83 bits per heavy atom. The van der Waals surface area contributed by atoms with Gasteiger partial charge < -0.3 is 14.5 Å². The lowest BCUT2D eigenvalue weighted by atomic mass is 10.1. The fourth-order valence-electron chi connectivity index (χ4n) is 3.70. The van der Waals surface area contributed by atoms with Crippen molar-refractivity contribution in [2.24, 2.45) is 0 Å². The van der Waals surface area contributed by atoms with Crippen LogP contribution < -0.4 is 10.1 Å². The van der Waals surface area contributed by atoms with Gasteiger partial charge in [-0.15, -0.1) is 0 Å². The standard InChI is InChI=1S/C25H28N2O3/c1-19-6-5-7-22(16-19)29-18-23-12-13-24(30-23)25(28)26-21-10-8-20(9-11-21)17-27-14-3-2-4-15-27/h5-13,16H,2-4,14-15,17-18H2,1H3,(H,26,28). The number of hydrogen-bond donors (Lipinski definition) is 1. The Morgan fingerprint density at radius 3 is 2.60 bits per heavy atom. The van der Waals surface area contributed by atoms with Crippen LogP contribution in [0, 0.1) is 6.92 Å². The molecule has 156 valence electrons. The van der Waals surface area contributed by atoms with Gasteiger partial charge in [0.15, 0.2) is 5.76 Å². The van der Waals surface area contributed by atoms with Gasteiger partial charge in [-0.05, 0) is 80.4 Å². The molecule has 2 aromatic carbocycles. The number of amides is 1. The van der Waals surface area contributed by atoms with Gasteiger partial charge in [0, 0.05) is 12.2 Å². The van der Waals surface area contributed by atoms with E-state index in [1.165, 1.54) is 37.9 Å². The molecule has 1 fully saturated rings. The normalized spacial score (nSPS) is 14.4. The number of carbonyl (C=O) groups excluding carboxylic acids is 1. The molecule has 0 aliphatic carbocycles. The van der Waals surface area contributed by atoms with Crippen LogP contribution in [0.1, 0.15) is 46.7 Å². The minimum Gasteiger partial charge on any atom is -0.486 e. The summed E-state index contributed by atoms with van der Waals surface area (Å²) in [6, 6.07) is 19.3. The quantitative estimate of drug-likeness (QED) is 0.572. The van der Waals surface area contributed by atoms with Crippen molar-refractivity contribution in [1.29, 1.82) is 0 Å². The van der Waals surface area contributed by atoms with Gasteiger partial charge in [-0.3, -0.25) is 9.69 Å². The lowest BCUT2D eigenvalue weighted by molar-refractivity contribution is 0.0992. The summed E-state index contributed by atoms with van der Waals surface area (Å²) in [6.07, 6.45) is 3.92. The molecule has 1 aliphatic heterocycles. The molecule has 1 saturated heterocycles. The molecule has 0 atom stereocenters. The van der Waals surface area contributed by atoms with Crippen molar-refractivity contribution in [3.63, 3.8) is 0 Å². The van der Waals surface area contributed by atoms with Crippen LogP contribution in [0.4, 0.5) is 5.69 Å². The third-order valence-electron chi connectivity index (χ3n) is 5.32. The summed E-state index contributed by atoms with van der Waals surface area (Å²) >= 11 is 0. The average molecular weight is 405 g/mol. The fourth-order valence-corrected chi connectivity index (χ4v) is 3.70. The van der Waals surface area contributed by atoms with Crippen LogP contribution in [0.25, 0.3) is 0 Å².